The largest absolute Gasteiger partial charge is 0.330 e. The van der Waals surface area contributed by atoms with Crippen LogP contribution in [0.5, 0.6) is 0 Å². The topological polar surface area (TPSA) is 38.9 Å². The van der Waals surface area contributed by atoms with Gasteiger partial charge in [0.2, 0.25) is 0 Å². The molecule has 0 radical (unpaired) electrons. The summed E-state index contributed by atoms with van der Waals surface area (Å²) in [6.45, 7) is 0.671. The molecule has 1 unspecified atom stereocenters. The number of hydrogen-bond donors (Lipinski definition) is 1. The minimum Gasteiger partial charge on any atom is -0.330 e. The highest BCUT2D eigenvalue weighted by molar-refractivity contribution is 9.10. The van der Waals surface area contributed by atoms with Crippen molar-refractivity contribution in [1.82, 2.24) is 4.98 Å². The van der Waals surface area contributed by atoms with Crippen molar-refractivity contribution in [3.8, 4) is 0 Å². The Balaban J connectivity index is 2.49. The van der Waals surface area contributed by atoms with Gasteiger partial charge in [0.05, 0.1) is 5.35 Å². The molecular formula is C13H16BrFN2. The van der Waals surface area contributed by atoms with Gasteiger partial charge in [-0.25, -0.2) is 4.39 Å². The number of halogens is 2. The van der Waals surface area contributed by atoms with Gasteiger partial charge in [0, 0.05) is 15.9 Å². The first-order valence-electron chi connectivity index (χ1n) is 5.92. The average molecular weight is 299 g/mol. The number of unbranched alkanes of at least 4 members (excludes halogenated alkanes) is 1. The molecule has 1 aromatic heterocycles. The number of nitrogens with zero attached hydrogens (tertiary/aromatic N) is 1. The minimum atomic E-state index is -0.847. The number of aromatic nitrogens is 1. The lowest BCUT2D eigenvalue weighted by atomic mass is 9.99. The highest BCUT2D eigenvalue weighted by Gasteiger charge is 2.14. The Morgan fingerprint density at radius 3 is 3.18 bits per heavy atom. The number of fused-ring (bicyclic) bond motifs is 1. The number of alkyl halides is 1. The van der Waals surface area contributed by atoms with Gasteiger partial charge < -0.3 is 5.73 Å². The molecule has 0 spiro atoms. The van der Waals surface area contributed by atoms with Crippen LogP contribution in [0.2, 0.25) is 0 Å². The van der Waals surface area contributed by atoms with E-state index in [1.165, 1.54) is 5.56 Å². The van der Waals surface area contributed by atoms with Crippen molar-refractivity contribution in [2.24, 2.45) is 5.73 Å². The van der Waals surface area contributed by atoms with E-state index >= 15 is 0 Å². The molecule has 2 nitrogen and oxygen atoms in total. The van der Waals surface area contributed by atoms with Crippen molar-refractivity contribution in [3.63, 3.8) is 0 Å². The lowest BCUT2D eigenvalue weighted by Gasteiger charge is -2.13. The second-order valence-electron chi connectivity index (χ2n) is 4.24. The first-order valence-corrected chi connectivity index (χ1v) is 6.71. The summed E-state index contributed by atoms with van der Waals surface area (Å²) in [5, 5.41) is 1.84. The Bertz CT molecular complexity index is 513. The van der Waals surface area contributed by atoms with E-state index in [-0.39, 0.29) is 0 Å². The summed E-state index contributed by atoms with van der Waals surface area (Å²) in [7, 11) is 0. The number of hydrogen-bond acceptors (Lipinski definition) is 2. The van der Waals surface area contributed by atoms with Crippen molar-refractivity contribution in [2.75, 3.05) is 6.54 Å². The van der Waals surface area contributed by atoms with Crippen LogP contribution < -0.4 is 16.3 Å². The van der Waals surface area contributed by atoms with E-state index < -0.39 is 6.17 Å². The van der Waals surface area contributed by atoms with Gasteiger partial charge in [-0.1, -0.05) is 6.08 Å². The van der Waals surface area contributed by atoms with Gasteiger partial charge in [-0.05, 0) is 59.8 Å². The van der Waals surface area contributed by atoms with Crippen molar-refractivity contribution in [2.45, 2.75) is 31.9 Å². The Kier molecular flexibility index (Phi) is 4.29. The summed E-state index contributed by atoms with van der Waals surface area (Å²) in [6.07, 6.45) is 7.86. The molecule has 4 heteroatoms. The van der Waals surface area contributed by atoms with E-state index in [0.29, 0.717) is 13.0 Å². The van der Waals surface area contributed by atoms with Crippen LogP contribution in [0.4, 0.5) is 4.39 Å². The Morgan fingerprint density at radius 2 is 2.41 bits per heavy atom. The number of pyridine rings is 1. The molecule has 0 aliphatic heterocycles. The maximum absolute atomic E-state index is 13.4. The third kappa shape index (κ3) is 2.93. The van der Waals surface area contributed by atoms with E-state index in [1.54, 1.807) is 12.3 Å². The summed E-state index contributed by atoms with van der Waals surface area (Å²) in [5.74, 6) is 0. The molecule has 1 aromatic rings. The predicted molar refractivity (Wildman–Crippen MR) is 71.6 cm³/mol. The fourth-order valence-corrected chi connectivity index (χ4v) is 2.58. The first-order chi connectivity index (χ1) is 8.22. The van der Waals surface area contributed by atoms with Crippen LogP contribution in [0, 0.1) is 0 Å². The van der Waals surface area contributed by atoms with Crippen LogP contribution in [0.1, 0.15) is 24.8 Å². The van der Waals surface area contributed by atoms with Crippen molar-refractivity contribution in [3.05, 3.63) is 26.8 Å². The van der Waals surface area contributed by atoms with E-state index in [4.69, 9.17) is 5.73 Å². The summed E-state index contributed by atoms with van der Waals surface area (Å²) in [4.78, 5) is 4.36. The second-order valence-corrected chi connectivity index (χ2v) is 5.09. The zero-order chi connectivity index (χ0) is 12.3. The molecule has 17 heavy (non-hydrogen) atoms. The van der Waals surface area contributed by atoms with Crippen molar-refractivity contribution >= 4 is 28.1 Å². The lowest BCUT2D eigenvalue weighted by Crippen LogP contribution is -2.36. The van der Waals surface area contributed by atoms with Gasteiger partial charge >= 0.3 is 0 Å². The molecule has 0 fully saturated rings. The summed E-state index contributed by atoms with van der Waals surface area (Å²) >= 11 is 3.48. The van der Waals surface area contributed by atoms with Crippen molar-refractivity contribution in [1.29, 1.82) is 0 Å². The smallest absolute Gasteiger partial charge is 0.120 e. The molecule has 0 amide bonds. The molecule has 0 aromatic carbocycles. The Hall–Kier alpha value is -0.740. The van der Waals surface area contributed by atoms with Gasteiger partial charge in [-0.15, -0.1) is 0 Å². The highest BCUT2D eigenvalue weighted by atomic mass is 79.9. The Morgan fingerprint density at radius 1 is 1.59 bits per heavy atom. The average Bonchev–Trinajstić information content (AvgIpc) is 2.32. The van der Waals surface area contributed by atoms with Crippen LogP contribution in [-0.4, -0.2) is 17.7 Å². The number of nitrogens with two attached hydrogens (primary N) is 1. The summed E-state index contributed by atoms with van der Waals surface area (Å²) < 4.78 is 14.4. The molecule has 1 aliphatic carbocycles. The van der Waals surface area contributed by atoms with Gasteiger partial charge in [-0.2, -0.15) is 0 Å². The summed E-state index contributed by atoms with van der Waals surface area (Å²) in [6, 6.07) is 0. The molecule has 2 N–H and O–H groups in total. The van der Waals surface area contributed by atoms with Crippen LogP contribution in [-0.2, 0) is 6.42 Å². The molecule has 2 rings (SSSR count). The zero-order valence-electron chi connectivity index (χ0n) is 9.63. The maximum atomic E-state index is 13.4. The normalized spacial score (nSPS) is 19.9. The molecule has 1 aliphatic rings. The Labute approximate surface area is 109 Å². The third-order valence-corrected chi connectivity index (χ3v) is 3.65. The van der Waals surface area contributed by atoms with E-state index in [0.717, 1.165) is 34.3 Å². The minimum absolute atomic E-state index is 0.567. The molecule has 92 valence electrons. The monoisotopic (exact) mass is 298 g/mol. The molecule has 0 saturated heterocycles. The third-order valence-electron chi connectivity index (χ3n) is 2.97. The molecule has 0 bridgehead atoms. The maximum Gasteiger partial charge on any atom is 0.120 e. The van der Waals surface area contributed by atoms with Gasteiger partial charge in [0.1, 0.15) is 6.17 Å². The van der Waals surface area contributed by atoms with Crippen molar-refractivity contribution < 1.29 is 4.39 Å². The predicted octanol–water partition coefficient (Wildman–Crippen LogP) is 1.43. The van der Waals surface area contributed by atoms with Crippen LogP contribution in [0.15, 0.2) is 10.7 Å². The molecule has 0 saturated carbocycles. The number of rotatable bonds is 3. The quantitative estimate of drug-likeness (QED) is 0.858. The van der Waals surface area contributed by atoms with E-state index in [2.05, 4.69) is 20.9 Å². The van der Waals surface area contributed by atoms with Gasteiger partial charge in [0.25, 0.3) is 0 Å². The lowest BCUT2D eigenvalue weighted by molar-refractivity contribution is 0.391. The van der Waals surface area contributed by atoms with Crippen LogP contribution in [0.3, 0.4) is 0 Å². The fourth-order valence-electron chi connectivity index (χ4n) is 2.06. The van der Waals surface area contributed by atoms with E-state index in [1.807, 2.05) is 6.08 Å². The SMILES string of the molecule is NCCCC=c1ncc(Br)c2c1=CC(F)CC2. The molecule has 1 atom stereocenters. The van der Waals surface area contributed by atoms with Crippen LogP contribution in [0.25, 0.3) is 12.2 Å². The van der Waals surface area contributed by atoms with Gasteiger partial charge in [0.15, 0.2) is 0 Å². The zero-order valence-corrected chi connectivity index (χ0v) is 11.2. The van der Waals surface area contributed by atoms with E-state index in [9.17, 15) is 4.39 Å². The van der Waals surface area contributed by atoms with Crippen LogP contribution >= 0.6 is 15.9 Å². The standard InChI is InChI=1S/C13H16BrFN2/c14-12-8-17-13(3-1-2-6-16)11-7-9(15)4-5-10(11)12/h3,7-9H,1-2,4-6,16H2. The van der Waals surface area contributed by atoms with Gasteiger partial charge in [-0.3, -0.25) is 4.98 Å². The second kappa shape index (κ2) is 5.74. The molecular weight excluding hydrogens is 283 g/mol. The fraction of sp³-hybridized carbons (Fsp3) is 0.462. The molecule has 1 heterocycles. The first kappa shape index (κ1) is 12.7. The summed E-state index contributed by atoms with van der Waals surface area (Å²) in [5.41, 5.74) is 6.63. The highest BCUT2D eigenvalue weighted by Crippen LogP contribution is 2.17.